The number of benzene rings is 2. The standard InChI is InChI=1S/C17H20N2O7S/c1-23-12-5-6-13(24-2)16(9-12)27(21,22)19-18-10-11-7-14(25-3)17(20)15(8-11)26-4/h5-10,19-20H,1-4H3/b18-10+. The normalized spacial score (nSPS) is 11.3. The van der Waals surface area contributed by atoms with E-state index < -0.39 is 10.0 Å². The number of aromatic hydroxyl groups is 1. The van der Waals surface area contributed by atoms with Crippen LogP contribution in [0.15, 0.2) is 40.3 Å². The van der Waals surface area contributed by atoms with Crippen molar-refractivity contribution >= 4 is 16.2 Å². The molecule has 2 rings (SSSR count). The zero-order valence-corrected chi connectivity index (χ0v) is 16.0. The van der Waals surface area contributed by atoms with Gasteiger partial charge in [-0.3, -0.25) is 0 Å². The monoisotopic (exact) mass is 396 g/mol. The zero-order valence-electron chi connectivity index (χ0n) is 15.2. The lowest BCUT2D eigenvalue weighted by Gasteiger charge is -2.11. The van der Waals surface area contributed by atoms with Crippen molar-refractivity contribution in [1.82, 2.24) is 4.83 Å². The Morgan fingerprint density at radius 1 is 0.926 bits per heavy atom. The molecule has 0 radical (unpaired) electrons. The number of nitrogens with one attached hydrogen (secondary N) is 1. The van der Waals surface area contributed by atoms with Crippen LogP contribution >= 0.6 is 0 Å². The van der Waals surface area contributed by atoms with Crippen LogP contribution in [0.5, 0.6) is 28.7 Å². The number of sulfonamides is 1. The van der Waals surface area contributed by atoms with Crippen LogP contribution in [0.25, 0.3) is 0 Å². The minimum absolute atomic E-state index is 0.123. The molecule has 2 aromatic carbocycles. The topological polar surface area (TPSA) is 116 Å². The van der Waals surface area contributed by atoms with Crippen molar-refractivity contribution < 1.29 is 32.5 Å². The summed E-state index contributed by atoms with van der Waals surface area (Å²) in [7, 11) is 1.54. The molecule has 10 heteroatoms. The van der Waals surface area contributed by atoms with E-state index in [4.69, 9.17) is 18.9 Å². The Morgan fingerprint density at radius 3 is 2.04 bits per heavy atom. The fraction of sp³-hybridized carbons (Fsp3) is 0.235. The van der Waals surface area contributed by atoms with Gasteiger partial charge in [0, 0.05) is 11.6 Å². The molecule has 0 bridgehead atoms. The first-order chi connectivity index (χ1) is 12.9. The van der Waals surface area contributed by atoms with Crippen LogP contribution in [0.4, 0.5) is 0 Å². The van der Waals surface area contributed by atoms with Crippen LogP contribution in [-0.4, -0.2) is 48.2 Å². The van der Waals surface area contributed by atoms with Gasteiger partial charge in [0.25, 0.3) is 10.0 Å². The average Bonchev–Trinajstić information content (AvgIpc) is 2.68. The third kappa shape index (κ3) is 4.53. The number of ether oxygens (including phenoxy) is 4. The molecule has 0 saturated carbocycles. The molecular formula is C17H20N2O7S. The van der Waals surface area contributed by atoms with Gasteiger partial charge in [-0.05, 0) is 24.3 Å². The molecule has 0 heterocycles. The Labute approximate surface area is 157 Å². The summed E-state index contributed by atoms with van der Waals surface area (Å²) >= 11 is 0. The molecule has 146 valence electrons. The molecule has 0 fully saturated rings. The van der Waals surface area contributed by atoms with Gasteiger partial charge in [0.15, 0.2) is 11.5 Å². The number of phenolic OH excluding ortho intramolecular Hbond substituents is 1. The van der Waals surface area contributed by atoms with Gasteiger partial charge in [-0.2, -0.15) is 18.4 Å². The van der Waals surface area contributed by atoms with Gasteiger partial charge >= 0.3 is 0 Å². The van der Waals surface area contributed by atoms with Gasteiger partial charge in [-0.1, -0.05) is 0 Å². The van der Waals surface area contributed by atoms with E-state index in [2.05, 4.69) is 9.93 Å². The fourth-order valence-electron chi connectivity index (χ4n) is 2.20. The second-order valence-electron chi connectivity index (χ2n) is 5.14. The van der Waals surface area contributed by atoms with E-state index in [9.17, 15) is 13.5 Å². The van der Waals surface area contributed by atoms with E-state index >= 15 is 0 Å². The Hall–Kier alpha value is -3.14. The van der Waals surface area contributed by atoms with Crippen LogP contribution in [0.2, 0.25) is 0 Å². The maximum atomic E-state index is 12.5. The first kappa shape index (κ1) is 20.2. The predicted octanol–water partition coefficient (Wildman–Crippen LogP) is 1.74. The first-order valence-electron chi connectivity index (χ1n) is 7.58. The number of rotatable bonds is 8. The van der Waals surface area contributed by atoms with E-state index in [1.165, 1.54) is 58.9 Å². The van der Waals surface area contributed by atoms with Crippen molar-refractivity contribution in [3.63, 3.8) is 0 Å². The van der Waals surface area contributed by atoms with E-state index in [1.54, 1.807) is 6.07 Å². The van der Waals surface area contributed by atoms with Crippen LogP contribution in [0, 0.1) is 0 Å². The number of hydrogen-bond donors (Lipinski definition) is 2. The summed E-state index contributed by atoms with van der Waals surface area (Å²) in [6.07, 6.45) is 1.24. The fourth-order valence-corrected chi connectivity index (χ4v) is 3.18. The van der Waals surface area contributed by atoms with Gasteiger partial charge in [-0.15, -0.1) is 0 Å². The molecule has 9 nitrogen and oxygen atoms in total. The highest BCUT2D eigenvalue weighted by Gasteiger charge is 2.20. The Balaban J connectivity index is 2.30. The van der Waals surface area contributed by atoms with Crippen molar-refractivity contribution in [2.45, 2.75) is 4.90 Å². The van der Waals surface area contributed by atoms with Crippen molar-refractivity contribution in [2.75, 3.05) is 28.4 Å². The van der Waals surface area contributed by atoms with Crippen molar-refractivity contribution in [2.24, 2.45) is 5.10 Å². The summed E-state index contributed by atoms with van der Waals surface area (Å²) in [5, 5.41) is 13.6. The number of methoxy groups -OCH3 is 4. The third-order valence-electron chi connectivity index (χ3n) is 3.55. The summed E-state index contributed by atoms with van der Waals surface area (Å²) in [6.45, 7) is 0. The molecule has 0 aliphatic rings. The van der Waals surface area contributed by atoms with E-state index in [-0.39, 0.29) is 27.9 Å². The Kier molecular flexibility index (Phi) is 6.35. The second kappa shape index (κ2) is 8.49. The largest absolute Gasteiger partial charge is 0.502 e. The van der Waals surface area contributed by atoms with E-state index in [1.807, 2.05) is 0 Å². The highest BCUT2D eigenvalue weighted by Crippen LogP contribution is 2.36. The predicted molar refractivity (Wildman–Crippen MR) is 98.7 cm³/mol. The molecule has 0 aliphatic heterocycles. The number of hydrogen-bond acceptors (Lipinski definition) is 8. The third-order valence-corrected chi connectivity index (χ3v) is 4.79. The second-order valence-corrected chi connectivity index (χ2v) is 6.77. The quantitative estimate of drug-likeness (QED) is 0.516. The number of phenols is 1. The van der Waals surface area contributed by atoms with Gasteiger partial charge in [0.1, 0.15) is 16.4 Å². The molecular weight excluding hydrogens is 376 g/mol. The van der Waals surface area contributed by atoms with Gasteiger partial charge in [-0.25, -0.2) is 0 Å². The van der Waals surface area contributed by atoms with Crippen LogP contribution in [-0.2, 0) is 10.0 Å². The smallest absolute Gasteiger partial charge is 0.280 e. The highest BCUT2D eigenvalue weighted by molar-refractivity contribution is 7.89. The molecule has 0 aliphatic carbocycles. The van der Waals surface area contributed by atoms with Gasteiger partial charge in [0.2, 0.25) is 5.75 Å². The molecule has 0 saturated heterocycles. The SMILES string of the molecule is COc1ccc(OC)c(S(=O)(=O)N/N=C/c2cc(OC)c(O)c(OC)c2)c1. The molecule has 0 unspecified atom stereocenters. The first-order valence-corrected chi connectivity index (χ1v) is 9.06. The number of nitrogens with zero attached hydrogens (tertiary/aromatic N) is 1. The molecule has 2 N–H and O–H groups in total. The van der Waals surface area contributed by atoms with E-state index in [0.29, 0.717) is 11.3 Å². The summed E-state index contributed by atoms with van der Waals surface area (Å²) in [5.41, 5.74) is 0.446. The number of hydrazone groups is 1. The zero-order chi connectivity index (χ0) is 20.0. The Morgan fingerprint density at radius 2 is 1.52 bits per heavy atom. The van der Waals surface area contributed by atoms with E-state index in [0.717, 1.165) is 0 Å². The molecule has 2 aromatic rings. The van der Waals surface area contributed by atoms with Crippen LogP contribution < -0.4 is 23.8 Å². The van der Waals surface area contributed by atoms with Crippen molar-refractivity contribution in [3.8, 4) is 28.7 Å². The maximum absolute atomic E-state index is 12.5. The van der Waals surface area contributed by atoms with Crippen LogP contribution in [0.1, 0.15) is 5.56 Å². The molecule has 0 atom stereocenters. The van der Waals surface area contributed by atoms with Gasteiger partial charge < -0.3 is 24.1 Å². The molecule has 0 aromatic heterocycles. The summed E-state index contributed by atoms with van der Waals surface area (Å²) in [5.74, 6) is 0.653. The summed E-state index contributed by atoms with van der Waals surface area (Å²) < 4.78 is 45.3. The molecule has 27 heavy (non-hydrogen) atoms. The van der Waals surface area contributed by atoms with Gasteiger partial charge in [0.05, 0.1) is 34.7 Å². The minimum atomic E-state index is -4.01. The highest BCUT2D eigenvalue weighted by atomic mass is 32.2. The lowest BCUT2D eigenvalue weighted by atomic mass is 10.2. The molecule has 0 spiro atoms. The van der Waals surface area contributed by atoms with Crippen LogP contribution in [0.3, 0.4) is 0 Å². The lowest BCUT2D eigenvalue weighted by molar-refractivity contribution is 0.340. The molecule has 0 amide bonds. The average molecular weight is 396 g/mol. The maximum Gasteiger partial charge on any atom is 0.280 e. The minimum Gasteiger partial charge on any atom is -0.502 e. The summed E-state index contributed by atoms with van der Waals surface area (Å²) in [4.78, 5) is 1.98. The summed E-state index contributed by atoms with van der Waals surface area (Å²) in [6, 6.07) is 7.33. The van der Waals surface area contributed by atoms with Crippen molar-refractivity contribution in [1.29, 1.82) is 0 Å². The van der Waals surface area contributed by atoms with Crippen molar-refractivity contribution in [3.05, 3.63) is 35.9 Å². The lowest BCUT2D eigenvalue weighted by Crippen LogP contribution is -2.19. The Bertz CT molecular complexity index is 917.